The molecule has 0 saturated heterocycles. The number of rotatable bonds is 8. The van der Waals surface area contributed by atoms with Crippen molar-refractivity contribution in [2.45, 2.75) is 0 Å². The molecule has 4 aromatic rings. The molecule has 136 valence electrons. The highest BCUT2D eigenvalue weighted by Crippen LogP contribution is 2.22. The summed E-state index contributed by atoms with van der Waals surface area (Å²) in [5.74, 6) is 0. The van der Waals surface area contributed by atoms with Gasteiger partial charge in [-0.3, -0.25) is 4.98 Å². The van der Waals surface area contributed by atoms with Crippen LogP contribution in [0.3, 0.4) is 0 Å². The number of hydrogen-bond donors (Lipinski definition) is 3. The number of hydrogen-bond acceptors (Lipinski definition) is 4. The van der Waals surface area contributed by atoms with Crippen LogP contribution in [0.2, 0.25) is 0 Å². The van der Waals surface area contributed by atoms with Gasteiger partial charge in [0.25, 0.3) is 0 Å². The smallest absolute Gasteiger partial charge is 0.0722 e. The van der Waals surface area contributed by atoms with Crippen molar-refractivity contribution in [1.29, 1.82) is 0 Å². The summed E-state index contributed by atoms with van der Waals surface area (Å²) in [6.07, 6.45) is 1.85. The molecular formula is C23H24N4. The topological polar surface area (TPSA) is 49.0 Å². The number of pyridine rings is 1. The molecule has 3 N–H and O–H groups in total. The minimum Gasteiger partial charge on any atom is -0.383 e. The molecule has 0 spiro atoms. The molecule has 4 nitrogen and oxygen atoms in total. The zero-order chi connectivity index (χ0) is 18.3. The van der Waals surface area contributed by atoms with Crippen LogP contribution in [0.25, 0.3) is 21.7 Å². The summed E-state index contributed by atoms with van der Waals surface area (Å²) >= 11 is 0. The number of aromatic nitrogens is 1. The zero-order valence-electron chi connectivity index (χ0n) is 15.3. The Morgan fingerprint density at radius 1 is 0.593 bits per heavy atom. The summed E-state index contributed by atoms with van der Waals surface area (Å²) in [5.41, 5.74) is 3.35. The van der Waals surface area contributed by atoms with Gasteiger partial charge < -0.3 is 16.0 Å². The molecule has 0 aliphatic carbocycles. The van der Waals surface area contributed by atoms with Gasteiger partial charge in [-0.05, 0) is 23.6 Å². The molecule has 0 fully saturated rings. The first kappa shape index (κ1) is 17.3. The maximum atomic E-state index is 4.40. The molecule has 4 heteroatoms. The fraction of sp³-hybridized carbons (Fsp3) is 0.174. The molecule has 1 heterocycles. The van der Waals surface area contributed by atoms with E-state index in [1.807, 2.05) is 30.5 Å². The first-order chi connectivity index (χ1) is 13.4. The summed E-state index contributed by atoms with van der Waals surface area (Å²) < 4.78 is 0. The van der Waals surface area contributed by atoms with Crippen molar-refractivity contribution in [2.75, 3.05) is 36.8 Å². The third-order valence-electron chi connectivity index (χ3n) is 4.67. The third-order valence-corrected chi connectivity index (χ3v) is 4.67. The molecule has 4 rings (SSSR count). The van der Waals surface area contributed by atoms with Crippen LogP contribution in [0, 0.1) is 0 Å². The van der Waals surface area contributed by atoms with E-state index in [4.69, 9.17) is 0 Å². The molecular weight excluding hydrogens is 332 g/mol. The predicted molar refractivity (Wildman–Crippen MR) is 116 cm³/mol. The van der Waals surface area contributed by atoms with Crippen molar-refractivity contribution in [3.63, 3.8) is 0 Å². The molecule has 0 unspecified atom stereocenters. The van der Waals surface area contributed by atoms with Crippen LogP contribution < -0.4 is 16.0 Å². The second-order valence-corrected chi connectivity index (χ2v) is 6.51. The lowest BCUT2D eigenvalue weighted by Gasteiger charge is -2.12. The minimum atomic E-state index is 0.877. The van der Waals surface area contributed by atoms with E-state index in [9.17, 15) is 0 Å². The van der Waals surface area contributed by atoms with Crippen LogP contribution in [0.1, 0.15) is 0 Å². The normalized spacial score (nSPS) is 11.0. The summed E-state index contributed by atoms with van der Waals surface area (Å²) in [6.45, 7) is 3.60. The van der Waals surface area contributed by atoms with E-state index < -0.39 is 0 Å². The van der Waals surface area contributed by atoms with E-state index in [0.29, 0.717) is 0 Å². The van der Waals surface area contributed by atoms with E-state index >= 15 is 0 Å². The molecule has 0 bridgehead atoms. The van der Waals surface area contributed by atoms with Gasteiger partial charge in [0.15, 0.2) is 0 Å². The Bertz CT molecular complexity index is 935. The maximum Gasteiger partial charge on any atom is 0.0722 e. The van der Waals surface area contributed by atoms with Gasteiger partial charge in [0.1, 0.15) is 0 Å². The molecule has 0 saturated carbocycles. The average molecular weight is 356 g/mol. The van der Waals surface area contributed by atoms with E-state index in [0.717, 1.165) is 42.8 Å². The number of anilines is 2. The number of para-hydroxylation sites is 1. The van der Waals surface area contributed by atoms with E-state index in [1.54, 1.807) is 0 Å². The largest absolute Gasteiger partial charge is 0.383 e. The molecule has 0 atom stereocenters. The quantitative estimate of drug-likeness (QED) is 0.407. The number of nitrogens with one attached hydrogen (secondary N) is 3. The van der Waals surface area contributed by atoms with Crippen molar-refractivity contribution in [3.05, 3.63) is 79.0 Å². The van der Waals surface area contributed by atoms with E-state index in [2.05, 4.69) is 69.5 Å². The van der Waals surface area contributed by atoms with Gasteiger partial charge in [-0.25, -0.2) is 0 Å². The molecule has 0 aliphatic rings. The van der Waals surface area contributed by atoms with Crippen LogP contribution in [0.5, 0.6) is 0 Å². The lowest BCUT2D eigenvalue weighted by atomic mass is 10.1. The van der Waals surface area contributed by atoms with Gasteiger partial charge in [0.2, 0.25) is 0 Å². The van der Waals surface area contributed by atoms with Crippen LogP contribution in [0.15, 0.2) is 79.0 Å². The standard InChI is InChI=1S/C23H24N4/c1-2-8-19-18(6-1)7-5-11-21(19)26-16-14-24-15-17-27-23-12-13-25-22-10-4-3-9-20(22)23/h1-13,24,26H,14-17H2,(H,25,27). The Morgan fingerprint density at radius 2 is 1.26 bits per heavy atom. The van der Waals surface area contributed by atoms with Gasteiger partial charge >= 0.3 is 0 Å². The lowest BCUT2D eigenvalue weighted by Crippen LogP contribution is -2.27. The fourth-order valence-corrected chi connectivity index (χ4v) is 3.33. The Kier molecular flexibility index (Phi) is 5.46. The Balaban J connectivity index is 1.22. The zero-order valence-corrected chi connectivity index (χ0v) is 15.3. The van der Waals surface area contributed by atoms with E-state index in [1.165, 1.54) is 16.5 Å². The predicted octanol–water partition coefficient (Wildman–Crippen LogP) is 4.50. The van der Waals surface area contributed by atoms with Crippen LogP contribution >= 0.6 is 0 Å². The highest BCUT2D eigenvalue weighted by molar-refractivity contribution is 5.93. The van der Waals surface area contributed by atoms with Gasteiger partial charge in [0.05, 0.1) is 5.52 Å². The van der Waals surface area contributed by atoms with Crippen LogP contribution in [0.4, 0.5) is 11.4 Å². The van der Waals surface area contributed by atoms with Crippen molar-refractivity contribution >= 4 is 33.1 Å². The first-order valence-electron chi connectivity index (χ1n) is 9.42. The first-order valence-corrected chi connectivity index (χ1v) is 9.42. The number of benzene rings is 3. The molecule has 0 radical (unpaired) electrons. The van der Waals surface area contributed by atoms with E-state index in [-0.39, 0.29) is 0 Å². The van der Waals surface area contributed by atoms with Gasteiger partial charge in [-0.1, -0.05) is 54.6 Å². The second-order valence-electron chi connectivity index (χ2n) is 6.51. The third kappa shape index (κ3) is 4.18. The Morgan fingerprint density at radius 3 is 2.11 bits per heavy atom. The monoisotopic (exact) mass is 356 g/mol. The maximum absolute atomic E-state index is 4.40. The van der Waals surface area contributed by atoms with Gasteiger partial charge in [-0.15, -0.1) is 0 Å². The lowest BCUT2D eigenvalue weighted by molar-refractivity contribution is 0.719. The summed E-state index contributed by atoms with van der Waals surface area (Å²) in [4.78, 5) is 4.40. The minimum absolute atomic E-state index is 0.877. The van der Waals surface area contributed by atoms with Crippen molar-refractivity contribution < 1.29 is 0 Å². The number of nitrogens with zero attached hydrogens (tertiary/aromatic N) is 1. The molecule has 1 aromatic heterocycles. The summed E-state index contributed by atoms with van der Waals surface area (Å²) in [7, 11) is 0. The SMILES string of the molecule is c1ccc2c(NCCNCCNc3ccnc4ccccc34)cccc2c1. The summed E-state index contributed by atoms with van der Waals surface area (Å²) in [5, 5.41) is 14.2. The molecule has 27 heavy (non-hydrogen) atoms. The van der Waals surface area contributed by atoms with Crippen LogP contribution in [-0.2, 0) is 0 Å². The van der Waals surface area contributed by atoms with Crippen molar-refractivity contribution in [2.24, 2.45) is 0 Å². The summed E-state index contributed by atoms with van der Waals surface area (Å²) in [6, 6.07) is 25.1. The second kappa shape index (κ2) is 8.52. The van der Waals surface area contributed by atoms with Gasteiger partial charge in [-0.2, -0.15) is 0 Å². The Labute approximate surface area is 159 Å². The molecule has 0 amide bonds. The average Bonchev–Trinajstić information content (AvgIpc) is 2.73. The Hall–Kier alpha value is -3.11. The fourth-order valence-electron chi connectivity index (χ4n) is 3.33. The van der Waals surface area contributed by atoms with Crippen molar-refractivity contribution in [3.8, 4) is 0 Å². The molecule has 0 aliphatic heterocycles. The highest BCUT2D eigenvalue weighted by Gasteiger charge is 2.01. The van der Waals surface area contributed by atoms with Gasteiger partial charge in [0, 0.05) is 54.5 Å². The van der Waals surface area contributed by atoms with Crippen LogP contribution in [-0.4, -0.2) is 31.2 Å². The van der Waals surface area contributed by atoms with Crippen molar-refractivity contribution in [1.82, 2.24) is 10.3 Å². The number of fused-ring (bicyclic) bond motifs is 2. The highest BCUT2D eigenvalue weighted by atomic mass is 15.0. The molecule has 3 aromatic carbocycles.